The summed E-state index contributed by atoms with van der Waals surface area (Å²) in [6.45, 7) is 1.72. The van der Waals surface area contributed by atoms with Gasteiger partial charge in [0.15, 0.2) is 11.5 Å². The summed E-state index contributed by atoms with van der Waals surface area (Å²) in [6, 6.07) is 10.0. The van der Waals surface area contributed by atoms with Gasteiger partial charge in [-0.3, -0.25) is 14.3 Å². The molecule has 2 aromatic heterocycles. The summed E-state index contributed by atoms with van der Waals surface area (Å²) < 4.78 is 3.01. The zero-order valence-corrected chi connectivity index (χ0v) is 13.8. The molecule has 0 radical (unpaired) electrons. The summed E-state index contributed by atoms with van der Waals surface area (Å²) in [5, 5.41) is 11.2. The fourth-order valence-electron chi connectivity index (χ4n) is 2.23. The summed E-state index contributed by atoms with van der Waals surface area (Å²) in [6.07, 6.45) is 1.68. The van der Waals surface area contributed by atoms with Crippen molar-refractivity contribution in [1.82, 2.24) is 19.6 Å². The van der Waals surface area contributed by atoms with Crippen molar-refractivity contribution in [2.24, 2.45) is 7.05 Å². The summed E-state index contributed by atoms with van der Waals surface area (Å²) in [4.78, 5) is 24.5. The first-order valence-corrected chi connectivity index (χ1v) is 7.50. The molecule has 8 heteroatoms. The molecule has 0 saturated heterocycles. The van der Waals surface area contributed by atoms with Gasteiger partial charge in [-0.15, -0.1) is 0 Å². The Hall–Kier alpha value is -2.93. The van der Waals surface area contributed by atoms with Crippen LogP contribution in [0.3, 0.4) is 0 Å². The van der Waals surface area contributed by atoms with E-state index in [0.29, 0.717) is 22.2 Å². The Morgan fingerprint density at radius 3 is 2.62 bits per heavy atom. The molecule has 3 aromatic rings. The lowest BCUT2D eigenvalue weighted by Crippen LogP contribution is -2.27. The number of hydrogen-bond acceptors (Lipinski definition) is 4. The largest absolute Gasteiger partial charge is 0.304 e. The van der Waals surface area contributed by atoms with Crippen molar-refractivity contribution in [2.45, 2.75) is 6.92 Å². The van der Waals surface area contributed by atoms with Crippen LogP contribution in [0.2, 0.25) is 5.02 Å². The molecule has 0 atom stereocenters. The minimum Gasteiger partial charge on any atom is -0.304 e. The molecule has 0 spiro atoms. The van der Waals surface area contributed by atoms with E-state index in [1.54, 1.807) is 55.2 Å². The van der Waals surface area contributed by atoms with Gasteiger partial charge in [0.05, 0.1) is 10.7 Å². The molecular weight excluding hydrogens is 330 g/mol. The molecule has 0 saturated carbocycles. The Balaban J connectivity index is 2.03. The first kappa shape index (κ1) is 15.9. The van der Waals surface area contributed by atoms with Gasteiger partial charge in [-0.2, -0.15) is 10.2 Å². The molecule has 24 heavy (non-hydrogen) atoms. The van der Waals surface area contributed by atoms with Gasteiger partial charge in [-0.25, -0.2) is 4.68 Å². The van der Waals surface area contributed by atoms with E-state index >= 15 is 0 Å². The molecule has 3 rings (SSSR count). The lowest BCUT2D eigenvalue weighted by Gasteiger charge is -2.12. The molecule has 0 aliphatic carbocycles. The number of hydrogen-bond donors (Lipinski definition) is 1. The Kier molecular flexibility index (Phi) is 4.18. The van der Waals surface area contributed by atoms with Crippen molar-refractivity contribution in [2.75, 3.05) is 5.32 Å². The van der Waals surface area contributed by atoms with E-state index in [9.17, 15) is 9.59 Å². The molecule has 1 amide bonds. The third-order valence-electron chi connectivity index (χ3n) is 3.36. The maximum atomic E-state index is 12.4. The highest BCUT2D eigenvalue weighted by molar-refractivity contribution is 6.32. The van der Waals surface area contributed by atoms with E-state index in [4.69, 9.17) is 11.6 Å². The van der Waals surface area contributed by atoms with Crippen LogP contribution in [-0.2, 0) is 7.05 Å². The second-order valence-electron chi connectivity index (χ2n) is 5.19. The van der Waals surface area contributed by atoms with Gasteiger partial charge in [0.1, 0.15) is 0 Å². The van der Waals surface area contributed by atoms with Gasteiger partial charge >= 0.3 is 0 Å². The van der Waals surface area contributed by atoms with Crippen LogP contribution in [0.15, 0.2) is 47.4 Å². The van der Waals surface area contributed by atoms with Crippen LogP contribution in [0.25, 0.3) is 5.69 Å². The number of rotatable bonds is 3. The Morgan fingerprint density at radius 1 is 1.21 bits per heavy atom. The minimum atomic E-state index is -0.625. The third-order valence-corrected chi connectivity index (χ3v) is 3.68. The van der Waals surface area contributed by atoms with Crippen molar-refractivity contribution in [3.05, 3.63) is 69.2 Å². The molecule has 7 nitrogen and oxygen atoms in total. The highest BCUT2D eigenvalue weighted by atomic mass is 35.5. The molecule has 122 valence electrons. The Bertz CT molecular complexity index is 977. The zero-order valence-electron chi connectivity index (χ0n) is 13.0. The number of anilines is 1. The van der Waals surface area contributed by atoms with Gasteiger partial charge in [-0.1, -0.05) is 23.7 Å². The van der Waals surface area contributed by atoms with Crippen LogP contribution >= 0.6 is 11.6 Å². The third kappa shape index (κ3) is 3.07. The molecule has 1 N–H and O–H groups in total. The minimum absolute atomic E-state index is 0.230. The van der Waals surface area contributed by atoms with E-state index in [-0.39, 0.29) is 5.69 Å². The molecule has 0 bridgehead atoms. The monoisotopic (exact) mass is 343 g/mol. The Labute approximate surface area is 142 Å². The maximum absolute atomic E-state index is 12.4. The highest BCUT2D eigenvalue weighted by Crippen LogP contribution is 2.19. The van der Waals surface area contributed by atoms with Crippen LogP contribution in [0.1, 0.15) is 16.2 Å². The van der Waals surface area contributed by atoms with Gasteiger partial charge in [0, 0.05) is 31.1 Å². The van der Waals surface area contributed by atoms with E-state index in [2.05, 4.69) is 15.5 Å². The average molecular weight is 344 g/mol. The van der Waals surface area contributed by atoms with Gasteiger partial charge in [0.25, 0.3) is 5.91 Å². The van der Waals surface area contributed by atoms with E-state index in [1.807, 2.05) is 0 Å². The number of carbonyl (C=O) groups excluding carboxylic acids is 1. The summed E-state index contributed by atoms with van der Waals surface area (Å²) in [5.41, 5.74) is 0.460. The molecule has 0 aliphatic rings. The summed E-state index contributed by atoms with van der Waals surface area (Å²) in [5.74, 6) is -0.284. The van der Waals surface area contributed by atoms with Crippen molar-refractivity contribution in [3.63, 3.8) is 0 Å². The van der Waals surface area contributed by atoms with Crippen LogP contribution in [0.4, 0.5) is 5.82 Å². The maximum Gasteiger partial charge on any atom is 0.281 e. The first-order chi connectivity index (χ1) is 11.5. The number of nitrogens with zero attached hydrogens (tertiary/aromatic N) is 4. The van der Waals surface area contributed by atoms with E-state index in [0.717, 1.165) is 0 Å². The molecule has 0 aliphatic heterocycles. The fourth-order valence-corrected chi connectivity index (χ4v) is 2.45. The number of halogens is 1. The number of aromatic nitrogens is 4. The van der Waals surface area contributed by atoms with Crippen molar-refractivity contribution in [1.29, 1.82) is 0 Å². The van der Waals surface area contributed by atoms with Crippen LogP contribution in [0, 0.1) is 6.92 Å². The standard InChI is InChI=1S/C16H14ClN5O2/c1-10-9-13(23)15(16(24)18-14-7-8-21(2)19-14)20-22(10)12-6-4-3-5-11(12)17/h3-9H,1-2H3,(H,18,19,24). The summed E-state index contributed by atoms with van der Waals surface area (Å²) in [7, 11) is 1.73. The van der Waals surface area contributed by atoms with E-state index < -0.39 is 11.3 Å². The van der Waals surface area contributed by atoms with Crippen LogP contribution < -0.4 is 10.7 Å². The SMILES string of the molecule is Cc1cc(=O)c(C(=O)Nc2ccn(C)n2)nn1-c1ccccc1Cl. The second kappa shape index (κ2) is 6.29. The smallest absolute Gasteiger partial charge is 0.281 e. The molecule has 2 heterocycles. The van der Waals surface area contributed by atoms with Crippen molar-refractivity contribution >= 4 is 23.3 Å². The highest BCUT2D eigenvalue weighted by Gasteiger charge is 2.17. The number of amides is 1. The number of aryl methyl sites for hydroxylation is 2. The summed E-state index contributed by atoms with van der Waals surface area (Å²) >= 11 is 6.18. The lowest BCUT2D eigenvalue weighted by molar-refractivity contribution is 0.101. The predicted octanol–water partition coefficient (Wildman–Crippen LogP) is 2.18. The molecule has 0 unspecified atom stereocenters. The number of carbonyl (C=O) groups is 1. The molecule has 0 fully saturated rings. The quantitative estimate of drug-likeness (QED) is 0.790. The lowest BCUT2D eigenvalue weighted by atomic mass is 10.2. The molecular formula is C16H14ClN5O2. The van der Waals surface area contributed by atoms with E-state index in [1.165, 1.54) is 10.7 Å². The number of nitrogens with one attached hydrogen (secondary N) is 1. The predicted molar refractivity (Wildman–Crippen MR) is 90.7 cm³/mol. The van der Waals surface area contributed by atoms with Crippen molar-refractivity contribution in [3.8, 4) is 5.69 Å². The van der Waals surface area contributed by atoms with Crippen LogP contribution in [-0.4, -0.2) is 25.5 Å². The van der Waals surface area contributed by atoms with Gasteiger partial charge in [-0.05, 0) is 19.1 Å². The normalized spacial score (nSPS) is 10.6. The first-order valence-electron chi connectivity index (χ1n) is 7.12. The zero-order chi connectivity index (χ0) is 17.3. The number of benzene rings is 1. The van der Waals surface area contributed by atoms with Gasteiger partial charge in [0.2, 0.25) is 5.43 Å². The molecule has 1 aromatic carbocycles. The second-order valence-corrected chi connectivity index (χ2v) is 5.60. The van der Waals surface area contributed by atoms with Crippen molar-refractivity contribution < 1.29 is 4.79 Å². The fraction of sp³-hybridized carbons (Fsp3) is 0.125. The van der Waals surface area contributed by atoms with Gasteiger partial charge < -0.3 is 5.32 Å². The van der Waals surface area contributed by atoms with Crippen LogP contribution in [0.5, 0.6) is 0 Å². The number of para-hydroxylation sites is 1. The Morgan fingerprint density at radius 2 is 1.96 bits per heavy atom. The topological polar surface area (TPSA) is 81.8 Å². The average Bonchev–Trinajstić information content (AvgIpc) is 2.93.